The second-order valence-electron chi connectivity index (χ2n) is 10.2. The first-order chi connectivity index (χ1) is 15.3. The maximum absolute atomic E-state index is 13.9. The zero-order valence-electron chi connectivity index (χ0n) is 19.5. The number of carbonyl (C=O) groups excluding carboxylic acids is 2. The first kappa shape index (κ1) is 21.2. The molecule has 1 aliphatic carbocycles. The van der Waals surface area contributed by atoms with E-state index in [1.165, 1.54) is 12.8 Å². The summed E-state index contributed by atoms with van der Waals surface area (Å²) in [5.41, 5.74) is 1.41. The van der Waals surface area contributed by atoms with Gasteiger partial charge in [-0.25, -0.2) is 4.98 Å². The van der Waals surface area contributed by atoms with Crippen LogP contribution in [-0.4, -0.2) is 62.5 Å². The lowest BCUT2D eigenvalue weighted by atomic mass is 9.70. The fraction of sp³-hybridized carbons (Fsp3) is 0.667. The summed E-state index contributed by atoms with van der Waals surface area (Å²) < 4.78 is 7.34. The Bertz CT molecular complexity index is 1020. The van der Waals surface area contributed by atoms with Gasteiger partial charge in [0, 0.05) is 44.3 Å². The van der Waals surface area contributed by atoms with Crippen molar-refractivity contribution in [2.45, 2.75) is 65.3 Å². The van der Waals surface area contributed by atoms with Crippen LogP contribution in [-0.2, 0) is 4.79 Å². The van der Waals surface area contributed by atoms with Gasteiger partial charge >= 0.3 is 0 Å². The molecule has 0 radical (unpaired) electrons. The maximum atomic E-state index is 13.9. The molecule has 2 aromatic heterocycles. The lowest BCUT2D eigenvalue weighted by Crippen LogP contribution is -2.53. The molecular weight excluding hydrogens is 406 g/mol. The Kier molecular flexibility index (Phi) is 5.13. The number of likely N-dealkylation sites (tertiary alicyclic amines) is 2. The molecule has 172 valence electrons. The monoisotopic (exact) mass is 439 g/mol. The number of aromatic nitrogens is 3. The number of imidazole rings is 1. The molecule has 2 aromatic rings. The summed E-state index contributed by atoms with van der Waals surface area (Å²) >= 11 is 0. The van der Waals surface area contributed by atoms with Crippen molar-refractivity contribution < 1.29 is 14.1 Å². The lowest BCUT2D eigenvalue weighted by Gasteiger charge is -2.42. The molecule has 1 spiro atoms. The molecule has 1 saturated carbocycles. The molecule has 3 fully saturated rings. The van der Waals surface area contributed by atoms with Crippen molar-refractivity contribution in [1.29, 1.82) is 0 Å². The van der Waals surface area contributed by atoms with E-state index >= 15 is 0 Å². The highest BCUT2D eigenvalue weighted by Gasteiger charge is 2.57. The minimum Gasteiger partial charge on any atom is -0.361 e. The number of nitrogens with zero attached hydrogens (tertiary/aromatic N) is 5. The summed E-state index contributed by atoms with van der Waals surface area (Å²) in [5.74, 6) is 1.17. The summed E-state index contributed by atoms with van der Waals surface area (Å²) in [7, 11) is 0. The molecular formula is C24H33N5O3. The van der Waals surface area contributed by atoms with Gasteiger partial charge < -0.3 is 18.9 Å². The molecule has 4 heterocycles. The smallest absolute Gasteiger partial charge is 0.259 e. The van der Waals surface area contributed by atoms with E-state index in [-0.39, 0.29) is 17.7 Å². The van der Waals surface area contributed by atoms with Gasteiger partial charge in [-0.15, -0.1) is 0 Å². The van der Waals surface area contributed by atoms with Crippen LogP contribution in [0, 0.1) is 25.2 Å². The van der Waals surface area contributed by atoms with Crippen LogP contribution in [0.2, 0.25) is 0 Å². The molecule has 0 bridgehead atoms. The van der Waals surface area contributed by atoms with Crippen LogP contribution >= 0.6 is 0 Å². The Morgan fingerprint density at radius 1 is 1.31 bits per heavy atom. The van der Waals surface area contributed by atoms with Gasteiger partial charge in [-0.2, -0.15) is 0 Å². The fourth-order valence-corrected chi connectivity index (χ4v) is 5.57. The molecule has 2 unspecified atom stereocenters. The second kappa shape index (κ2) is 7.74. The topological polar surface area (TPSA) is 84.5 Å². The van der Waals surface area contributed by atoms with Crippen LogP contribution < -0.4 is 0 Å². The third-order valence-electron chi connectivity index (χ3n) is 7.59. The van der Waals surface area contributed by atoms with Gasteiger partial charge in [-0.3, -0.25) is 9.59 Å². The highest BCUT2D eigenvalue weighted by atomic mass is 16.5. The number of aryl methyl sites for hydroxylation is 2. The third kappa shape index (κ3) is 3.44. The number of rotatable bonds is 5. The predicted octanol–water partition coefficient (Wildman–Crippen LogP) is 3.33. The van der Waals surface area contributed by atoms with Crippen molar-refractivity contribution in [2.24, 2.45) is 11.3 Å². The van der Waals surface area contributed by atoms with Crippen LogP contribution in [0.3, 0.4) is 0 Å². The Balaban J connectivity index is 1.51. The van der Waals surface area contributed by atoms with Crippen LogP contribution in [0.4, 0.5) is 0 Å². The van der Waals surface area contributed by atoms with E-state index in [0.717, 1.165) is 31.6 Å². The van der Waals surface area contributed by atoms with Crippen LogP contribution in [0.15, 0.2) is 17.0 Å². The number of hydrogen-bond acceptors (Lipinski definition) is 5. The summed E-state index contributed by atoms with van der Waals surface area (Å²) in [4.78, 5) is 36.1. The highest BCUT2D eigenvalue weighted by molar-refractivity contribution is 5.97. The third-order valence-corrected chi connectivity index (χ3v) is 7.59. The normalized spacial score (nSPS) is 26.0. The second-order valence-corrected chi connectivity index (χ2v) is 10.2. The van der Waals surface area contributed by atoms with E-state index in [1.54, 1.807) is 13.8 Å². The van der Waals surface area contributed by atoms with Crippen LogP contribution in [0.5, 0.6) is 0 Å². The molecule has 2 atom stereocenters. The van der Waals surface area contributed by atoms with Crippen LogP contribution in [0.25, 0.3) is 0 Å². The minimum atomic E-state index is -0.613. The Labute approximate surface area is 188 Å². The van der Waals surface area contributed by atoms with E-state index in [9.17, 15) is 9.59 Å². The van der Waals surface area contributed by atoms with Crippen molar-refractivity contribution in [1.82, 2.24) is 24.5 Å². The molecule has 0 N–H and O–H groups in total. The molecule has 3 aliphatic rings. The van der Waals surface area contributed by atoms with Gasteiger partial charge in [0.25, 0.3) is 5.91 Å². The van der Waals surface area contributed by atoms with Gasteiger partial charge in [-0.1, -0.05) is 5.16 Å². The summed E-state index contributed by atoms with van der Waals surface area (Å²) in [5, 5.41) is 3.97. The molecule has 8 nitrogen and oxygen atoms in total. The van der Waals surface area contributed by atoms with Crippen LogP contribution in [0.1, 0.15) is 79.0 Å². The summed E-state index contributed by atoms with van der Waals surface area (Å²) in [6.07, 6.45) is 8.10. The standard InChI is InChI=1S/C24H33N5O3/c1-15(2)29-12-20(25-14-29)19-11-28(22(30)21-16(3)26-32-17(21)4)13-24(19)8-5-9-27(23(24)31)10-18-6-7-18/h12,14-15,18-19H,5-11,13H2,1-4H3. The van der Waals surface area contributed by atoms with Crippen molar-refractivity contribution in [3.05, 3.63) is 35.2 Å². The average Bonchev–Trinajstić information content (AvgIpc) is 3.15. The van der Waals surface area contributed by atoms with E-state index < -0.39 is 5.41 Å². The molecule has 2 amide bonds. The quantitative estimate of drug-likeness (QED) is 0.714. The van der Waals surface area contributed by atoms with Crippen molar-refractivity contribution in [3.8, 4) is 0 Å². The minimum absolute atomic E-state index is 0.0986. The molecule has 8 heteroatoms. The highest BCUT2D eigenvalue weighted by Crippen LogP contribution is 2.50. The SMILES string of the molecule is Cc1noc(C)c1C(=O)N1CC(c2cn(C(C)C)cn2)C2(CCCN(CC3CC3)C2=O)C1. The van der Waals surface area contributed by atoms with Gasteiger partial charge in [0.15, 0.2) is 0 Å². The van der Waals surface area contributed by atoms with E-state index in [4.69, 9.17) is 9.51 Å². The molecule has 0 aromatic carbocycles. The number of hydrogen-bond donors (Lipinski definition) is 0. The largest absolute Gasteiger partial charge is 0.361 e. The fourth-order valence-electron chi connectivity index (χ4n) is 5.57. The Morgan fingerprint density at radius 2 is 2.09 bits per heavy atom. The lowest BCUT2D eigenvalue weighted by molar-refractivity contribution is -0.146. The summed E-state index contributed by atoms with van der Waals surface area (Å²) in [6, 6.07) is 0.294. The predicted molar refractivity (Wildman–Crippen MR) is 118 cm³/mol. The Hall–Kier alpha value is -2.64. The zero-order valence-corrected chi connectivity index (χ0v) is 19.5. The van der Waals surface area contributed by atoms with Gasteiger partial charge in [0.1, 0.15) is 11.3 Å². The Morgan fingerprint density at radius 3 is 2.72 bits per heavy atom. The number of piperidine rings is 1. The first-order valence-corrected chi connectivity index (χ1v) is 11.8. The van der Waals surface area contributed by atoms with Crippen molar-refractivity contribution in [2.75, 3.05) is 26.2 Å². The van der Waals surface area contributed by atoms with Crippen molar-refractivity contribution >= 4 is 11.8 Å². The zero-order chi connectivity index (χ0) is 22.6. The van der Waals surface area contributed by atoms with Gasteiger partial charge in [-0.05, 0) is 59.3 Å². The summed E-state index contributed by atoms with van der Waals surface area (Å²) in [6.45, 7) is 10.4. The number of amides is 2. The van der Waals surface area contributed by atoms with E-state index in [2.05, 4.69) is 34.7 Å². The average molecular weight is 440 g/mol. The molecule has 5 rings (SSSR count). The number of carbonyl (C=O) groups is 2. The van der Waals surface area contributed by atoms with Gasteiger partial charge in [0.05, 0.1) is 23.1 Å². The maximum Gasteiger partial charge on any atom is 0.259 e. The molecule has 2 saturated heterocycles. The van der Waals surface area contributed by atoms with Crippen molar-refractivity contribution in [3.63, 3.8) is 0 Å². The molecule has 32 heavy (non-hydrogen) atoms. The van der Waals surface area contributed by atoms with Gasteiger partial charge in [0.2, 0.25) is 5.91 Å². The van der Waals surface area contributed by atoms with E-state index in [0.29, 0.717) is 42.1 Å². The molecule has 2 aliphatic heterocycles. The van der Waals surface area contributed by atoms with E-state index in [1.807, 2.05) is 11.2 Å². The first-order valence-electron chi connectivity index (χ1n) is 11.8.